The normalized spacial score (nSPS) is 12.3. The molecule has 2 N–H and O–H groups in total. The van der Waals surface area contributed by atoms with Crippen LogP contribution in [0.5, 0.6) is 0 Å². The molecule has 0 aliphatic rings. The predicted octanol–water partition coefficient (Wildman–Crippen LogP) is 2.94. The van der Waals surface area contributed by atoms with Crippen molar-refractivity contribution in [1.29, 1.82) is 0 Å². The number of methoxy groups -OCH3 is 1. The molecule has 0 saturated carbocycles. The van der Waals surface area contributed by atoms with Gasteiger partial charge in [-0.25, -0.2) is 0 Å². The van der Waals surface area contributed by atoms with Crippen molar-refractivity contribution in [3.63, 3.8) is 0 Å². The van der Waals surface area contributed by atoms with E-state index in [1.807, 2.05) is 19.2 Å². The second-order valence-corrected chi connectivity index (χ2v) is 4.36. The summed E-state index contributed by atoms with van der Waals surface area (Å²) in [7, 11) is 3.62. The second-order valence-electron chi connectivity index (χ2n) is 3.44. The van der Waals surface area contributed by atoms with Gasteiger partial charge in [-0.2, -0.15) is 0 Å². The number of hydrogen-bond donors (Lipinski definition) is 2. The van der Waals surface area contributed by atoms with Crippen LogP contribution in [0.3, 0.4) is 0 Å². The van der Waals surface area contributed by atoms with E-state index in [1.165, 1.54) is 0 Å². The van der Waals surface area contributed by atoms with Gasteiger partial charge >= 0.3 is 0 Å². The number of nitrogens with one attached hydrogen (secondary N) is 2. The summed E-state index contributed by atoms with van der Waals surface area (Å²) in [5.74, 6) is 0. The Morgan fingerprint density at radius 1 is 1.40 bits per heavy atom. The smallest absolute Gasteiger partial charge is 0.0661 e. The molecule has 1 aromatic rings. The largest absolute Gasteiger partial charge is 0.386 e. The first-order valence-electron chi connectivity index (χ1n) is 4.90. The summed E-state index contributed by atoms with van der Waals surface area (Å²) in [6.45, 7) is 2.78. The average Bonchev–Trinajstić information content (AvgIpc) is 2.18. The molecular formula is C11H17BrN2O. The van der Waals surface area contributed by atoms with Crippen LogP contribution >= 0.6 is 15.9 Å². The van der Waals surface area contributed by atoms with Crippen LogP contribution in [0.15, 0.2) is 22.7 Å². The van der Waals surface area contributed by atoms with Gasteiger partial charge in [0.15, 0.2) is 0 Å². The molecule has 0 bridgehead atoms. The molecule has 3 nitrogen and oxygen atoms in total. The van der Waals surface area contributed by atoms with E-state index in [0.717, 1.165) is 15.8 Å². The van der Waals surface area contributed by atoms with Gasteiger partial charge in [0, 0.05) is 24.7 Å². The number of ether oxygens (including phenoxy) is 1. The molecule has 1 aromatic carbocycles. The molecule has 0 saturated heterocycles. The Balaban J connectivity index is 2.77. The average molecular weight is 273 g/mol. The lowest BCUT2D eigenvalue weighted by molar-refractivity contribution is 0.190. The predicted molar refractivity (Wildman–Crippen MR) is 68.6 cm³/mol. The fraction of sp³-hybridized carbons (Fsp3) is 0.455. The molecule has 0 aliphatic carbocycles. The van der Waals surface area contributed by atoms with E-state index < -0.39 is 0 Å². The number of rotatable bonds is 5. The number of benzene rings is 1. The van der Waals surface area contributed by atoms with E-state index in [4.69, 9.17) is 4.74 Å². The van der Waals surface area contributed by atoms with Crippen molar-refractivity contribution in [2.75, 3.05) is 31.4 Å². The first-order chi connectivity index (χ1) is 7.17. The first kappa shape index (κ1) is 12.3. The maximum Gasteiger partial charge on any atom is 0.0661 e. The fourth-order valence-electron chi connectivity index (χ4n) is 1.41. The SMILES string of the molecule is CNc1ccc(Br)cc1N[C@H](C)COC. The zero-order chi connectivity index (χ0) is 11.3. The molecule has 1 atom stereocenters. The van der Waals surface area contributed by atoms with Crippen LogP contribution in [0.25, 0.3) is 0 Å². The third-order valence-electron chi connectivity index (χ3n) is 2.07. The lowest BCUT2D eigenvalue weighted by Crippen LogP contribution is -2.21. The Labute approximate surface area is 99.3 Å². The van der Waals surface area contributed by atoms with Crippen molar-refractivity contribution >= 4 is 27.3 Å². The summed E-state index contributed by atoms with van der Waals surface area (Å²) in [5, 5.41) is 6.53. The minimum absolute atomic E-state index is 0.288. The van der Waals surface area contributed by atoms with Crippen LogP contribution in [0.2, 0.25) is 0 Å². The van der Waals surface area contributed by atoms with Crippen molar-refractivity contribution in [1.82, 2.24) is 0 Å². The number of halogens is 1. The molecule has 4 heteroatoms. The van der Waals surface area contributed by atoms with Crippen LogP contribution in [-0.2, 0) is 4.74 Å². The van der Waals surface area contributed by atoms with Gasteiger partial charge in [-0.1, -0.05) is 15.9 Å². The van der Waals surface area contributed by atoms with E-state index in [-0.39, 0.29) is 6.04 Å². The molecule has 0 unspecified atom stereocenters. The molecule has 0 fully saturated rings. The van der Waals surface area contributed by atoms with Crippen LogP contribution in [0.4, 0.5) is 11.4 Å². The van der Waals surface area contributed by atoms with E-state index in [1.54, 1.807) is 7.11 Å². The molecule has 1 rings (SSSR count). The maximum absolute atomic E-state index is 5.08. The third kappa shape index (κ3) is 3.72. The van der Waals surface area contributed by atoms with Gasteiger partial charge in [0.1, 0.15) is 0 Å². The van der Waals surface area contributed by atoms with Crippen molar-refractivity contribution in [3.8, 4) is 0 Å². The first-order valence-corrected chi connectivity index (χ1v) is 5.69. The van der Waals surface area contributed by atoms with E-state index in [0.29, 0.717) is 6.61 Å². The van der Waals surface area contributed by atoms with Crippen LogP contribution in [0, 0.1) is 0 Å². The zero-order valence-electron chi connectivity index (χ0n) is 9.30. The van der Waals surface area contributed by atoms with E-state index in [9.17, 15) is 0 Å². The summed E-state index contributed by atoms with van der Waals surface area (Å²) < 4.78 is 6.15. The monoisotopic (exact) mass is 272 g/mol. The highest BCUT2D eigenvalue weighted by Crippen LogP contribution is 2.26. The summed E-state index contributed by atoms with van der Waals surface area (Å²) in [6.07, 6.45) is 0. The minimum Gasteiger partial charge on any atom is -0.386 e. The highest BCUT2D eigenvalue weighted by Gasteiger charge is 2.05. The zero-order valence-corrected chi connectivity index (χ0v) is 10.9. The Morgan fingerprint density at radius 3 is 2.73 bits per heavy atom. The number of anilines is 2. The molecule has 84 valence electrons. The molecule has 15 heavy (non-hydrogen) atoms. The molecule has 0 heterocycles. The summed E-state index contributed by atoms with van der Waals surface area (Å²) >= 11 is 3.46. The third-order valence-corrected chi connectivity index (χ3v) is 2.56. The van der Waals surface area contributed by atoms with Gasteiger partial charge in [-0.15, -0.1) is 0 Å². The minimum atomic E-state index is 0.288. The molecule has 0 radical (unpaired) electrons. The highest BCUT2D eigenvalue weighted by molar-refractivity contribution is 9.10. The molecule has 0 spiro atoms. The van der Waals surface area contributed by atoms with Gasteiger partial charge in [-0.05, 0) is 25.1 Å². The quantitative estimate of drug-likeness (QED) is 0.865. The van der Waals surface area contributed by atoms with Gasteiger partial charge < -0.3 is 15.4 Å². The standard InChI is InChI=1S/C11H17BrN2O/c1-8(7-15-3)14-11-6-9(12)4-5-10(11)13-2/h4-6,8,13-14H,7H2,1-3H3/t8-/m1/s1. The van der Waals surface area contributed by atoms with Gasteiger partial charge in [0.25, 0.3) is 0 Å². The summed E-state index contributed by atoms with van der Waals surface area (Å²) in [6, 6.07) is 6.39. The number of hydrogen-bond acceptors (Lipinski definition) is 3. The van der Waals surface area contributed by atoms with Crippen molar-refractivity contribution in [2.24, 2.45) is 0 Å². The summed E-state index contributed by atoms with van der Waals surface area (Å²) in [5.41, 5.74) is 2.16. The van der Waals surface area contributed by atoms with Gasteiger partial charge in [0.05, 0.1) is 18.0 Å². The fourth-order valence-corrected chi connectivity index (χ4v) is 1.77. The Kier molecular flexibility index (Phi) is 4.91. The van der Waals surface area contributed by atoms with Crippen molar-refractivity contribution in [2.45, 2.75) is 13.0 Å². The second kappa shape index (κ2) is 5.98. The van der Waals surface area contributed by atoms with E-state index >= 15 is 0 Å². The van der Waals surface area contributed by atoms with Crippen LogP contribution in [-0.4, -0.2) is 26.8 Å². The van der Waals surface area contributed by atoms with Crippen LogP contribution < -0.4 is 10.6 Å². The topological polar surface area (TPSA) is 33.3 Å². The maximum atomic E-state index is 5.08. The van der Waals surface area contributed by atoms with Crippen LogP contribution in [0.1, 0.15) is 6.92 Å². The van der Waals surface area contributed by atoms with Crippen molar-refractivity contribution in [3.05, 3.63) is 22.7 Å². The Hall–Kier alpha value is -0.740. The van der Waals surface area contributed by atoms with Crippen molar-refractivity contribution < 1.29 is 4.74 Å². The van der Waals surface area contributed by atoms with E-state index in [2.05, 4.69) is 39.6 Å². The molecule has 0 aliphatic heterocycles. The highest BCUT2D eigenvalue weighted by atomic mass is 79.9. The lowest BCUT2D eigenvalue weighted by Gasteiger charge is -2.17. The Morgan fingerprint density at radius 2 is 2.13 bits per heavy atom. The van der Waals surface area contributed by atoms with Gasteiger partial charge in [0.2, 0.25) is 0 Å². The lowest BCUT2D eigenvalue weighted by atomic mass is 10.2. The molecule has 0 amide bonds. The summed E-state index contributed by atoms with van der Waals surface area (Å²) in [4.78, 5) is 0. The molecular weight excluding hydrogens is 256 g/mol. The Bertz CT molecular complexity index is 317. The molecule has 0 aromatic heterocycles. The van der Waals surface area contributed by atoms with Gasteiger partial charge in [-0.3, -0.25) is 0 Å².